The molecule has 1 amide bonds. The topological polar surface area (TPSA) is 67.9 Å². The zero-order valence-corrected chi connectivity index (χ0v) is 15.6. The van der Waals surface area contributed by atoms with Gasteiger partial charge in [0.25, 0.3) is 0 Å². The van der Waals surface area contributed by atoms with E-state index in [9.17, 15) is 9.59 Å². The third-order valence-corrected chi connectivity index (χ3v) is 4.89. The normalized spacial score (nSPS) is 31.0. The summed E-state index contributed by atoms with van der Waals surface area (Å²) >= 11 is 0. The number of ether oxygens (including phenoxy) is 2. The molecule has 2 atom stereocenters. The van der Waals surface area contributed by atoms with Gasteiger partial charge in [-0.3, -0.25) is 4.90 Å². The number of likely N-dealkylation sites (tertiary alicyclic amines) is 1. The number of hydrogen-bond acceptors (Lipinski definition) is 5. The molecule has 0 spiro atoms. The Bertz CT molecular complexity index is 452. The van der Waals surface area contributed by atoms with Crippen LogP contribution in [-0.2, 0) is 14.3 Å². The van der Waals surface area contributed by atoms with E-state index in [0.29, 0.717) is 19.0 Å². The quantitative estimate of drug-likeness (QED) is 0.800. The molecule has 0 unspecified atom stereocenters. The minimum atomic E-state index is -0.581. The Balaban J connectivity index is 1.98. The number of nitrogens with zero attached hydrogens (tertiary/aromatic N) is 1. The summed E-state index contributed by atoms with van der Waals surface area (Å²) < 4.78 is 10.3. The van der Waals surface area contributed by atoms with Gasteiger partial charge < -0.3 is 14.8 Å². The van der Waals surface area contributed by atoms with Crippen molar-refractivity contribution in [2.24, 2.45) is 5.92 Å². The van der Waals surface area contributed by atoms with Crippen LogP contribution in [0.2, 0.25) is 0 Å². The lowest BCUT2D eigenvalue weighted by Crippen LogP contribution is -2.45. The van der Waals surface area contributed by atoms with Gasteiger partial charge in [0.15, 0.2) is 0 Å². The molecular weight excluding hydrogens is 308 g/mol. The van der Waals surface area contributed by atoms with Crippen molar-refractivity contribution >= 4 is 12.1 Å². The van der Waals surface area contributed by atoms with E-state index in [2.05, 4.69) is 12.2 Å². The second-order valence-corrected chi connectivity index (χ2v) is 8.23. The molecule has 1 N–H and O–H groups in total. The summed E-state index contributed by atoms with van der Waals surface area (Å²) in [5, 5.41) is 3.64. The first kappa shape index (κ1) is 19.0. The van der Waals surface area contributed by atoms with Crippen LogP contribution in [0.25, 0.3) is 0 Å². The van der Waals surface area contributed by atoms with Gasteiger partial charge in [-0.2, -0.15) is 0 Å². The fourth-order valence-corrected chi connectivity index (χ4v) is 3.60. The minimum Gasteiger partial charge on any atom is -0.467 e. The van der Waals surface area contributed by atoms with Gasteiger partial charge in [-0.25, -0.2) is 9.59 Å². The van der Waals surface area contributed by atoms with E-state index in [0.717, 1.165) is 18.8 Å². The standard InChI is InChI=1S/C18H32N2O4/c1-12-6-8-13(9-7-12)19-14-10-15(16(21)23-5)20(11-14)17(22)24-18(2,3)4/h12-15,19H,6-11H2,1-5H3/t12?,13?,14-,15-/m0/s1. The fourth-order valence-electron chi connectivity index (χ4n) is 3.60. The Morgan fingerprint density at radius 3 is 2.25 bits per heavy atom. The van der Waals surface area contributed by atoms with E-state index in [1.54, 1.807) is 0 Å². The molecule has 24 heavy (non-hydrogen) atoms. The molecule has 0 bridgehead atoms. The maximum absolute atomic E-state index is 12.4. The van der Waals surface area contributed by atoms with Gasteiger partial charge in [0, 0.05) is 18.6 Å². The molecule has 1 aliphatic carbocycles. The monoisotopic (exact) mass is 340 g/mol. The molecule has 0 radical (unpaired) electrons. The number of hydrogen-bond donors (Lipinski definition) is 1. The summed E-state index contributed by atoms with van der Waals surface area (Å²) in [5.41, 5.74) is -0.581. The highest BCUT2D eigenvalue weighted by Gasteiger charge is 2.42. The third kappa shape index (κ3) is 5.10. The summed E-state index contributed by atoms with van der Waals surface area (Å²) in [6.07, 6.45) is 4.93. The number of nitrogens with one attached hydrogen (secondary N) is 1. The lowest BCUT2D eigenvalue weighted by molar-refractivity contribution is -0.145. The first-order chi connectivity index (χ1) is 11.2. The highest BCUT2D eigenvalue weighted by Crippen LogP contribution is 2.27. The molecule has 0 aromatic carbocycles. The lowest BCUT2D eigenvalue weighted by atomic mass is 9.87. The summed E-state index contributed by atoms with van der Waals surface area (Å²) in [4.78, 5) is 26.0. The van der Waals surface area contributed by atoms with Crippen molar-refractivity contribution in [1.82, 2.24) is 10.2 Å². The SMILES string of the molecule is COC(=O)[C@@H]1C[C@H](NC2CCC(C)CC2)CN1C(=O)OC(C)(C)C. The Morgan fingerprint density at radius 2 is 1.71 bits per heavy atom. The zero-order valence-electron chi connectivity index (χ0n) is 15.6. The van der Waals surface area contributed by atoms with E-state index in [1.807, 2.05) is 20.8 Å². The summed E-state index contributed by atoms with van der Waals surface area (Å²) in [6.45, 7) is 8.26. The van der Waals surface area contributed by atoms with Crippen LogP contribution in [0.4, 0.5) is 4.79 Å². The molecule has 1 saturated heterocycles. The minimum absolute atomic E-state index is 0.111. The van der Waals surface area contributed by atoms with E-state index in [-0.39, 0.29) is 12.0 Å². The molecule has 6 nitrogen and oxygen atoms in total. The van der Waals surface area contributed by atoms with E-state index in [4.69, 9.17) is 9.47 Å². The molecule has 1 aliphatic heterocycles. The average molecular weight is 340 g/mol. The molecule has 2 fully saturated rings. The Kier molecular flexibility index (Phi) is 6.12. The van der Waals surface area contributed by atoms with Crippen LogP contribution < -0.4 is 5.32 Å². The molecule has 6 heteroatoms. The van der Waals surface area contributed by atoms with Gasteiger partial charge in [0.2, 0.25) is 0 Å². The summed E-state index contributed by atoms with van der Waals surface area (Å²) in [5.74, 6) is 0.426. The Labute approximate surface area is 145 Å². The second kappa shape index (κ2) is 7.72. The van der Waals surface area contributed by atoms with Crippen LogP contribution in [0.1, 0.15) is 59.8 Å². The number of amides is 1. The maximum atomic E-state index is 12.4. The van der Waals surface area contributed by atoms with Crippen LogP contribution >= 0.6 is 0 Å². The summed E-state index contributed by atoms with van der Waals surface area (Å²) in [7, 11) is 1.36. The maximum Gasteiger partial charge on any atom is 0.411 e. The number of esters is 1. The first-order valence-corrected chi connectivity index (χ1v) is 9.03. The first-order valence-electron chi connectivity index (χ1n) is 9.03. The van der Waals surface area contributed by atoms with Crippen LogP contribution in [0.15, 0.2) is 0 Å². The molecule has 138 valence electrons. The van der Waals surface area contributed by atoms with Gasteiger partial charge in [0.05, 0.1) is 7.11 Å². The number of carbonyl (C=O) groups is 2. The van der Waals surface area contributed by atoms with E-state index < -0.39 is 17.7 Å². The van der Waals surface area contributed by atoms with Gasteiger partial charge >= 0.3 is 12.1 Å². The molecular formula is C18H32N2O4. The zero-order chi connectivity index (χ0) is 17.9. The number of methoxy groups -OCH3 is 1. The van der Waals surface area contributed by atoms with Crippen molar-refractivity contribution in [3.8, 4) is 0 Å². The summed E-state index contributed by atoms with van der Waals surface area (Å²) in [6, 6.07) is 0.0213. The Morgan fingerprint density at radius 1 is 1.08 bits per heavy atom. The van der Waals surface area contributed by atoms with Crippen LogP contribution in [-0.4, -0.2) is 54.3 Å². The molecule has 0 aromatic heterocycles. The van der Waals surface area contributed by atoms with Crippen molar-refractivity contribution in [2.45, 2.75) is 83.5 Å². The van der Waals surface area contributed by atoms with Crippen LogP contribution in [0.5, 0.6) is 0 Å². The van der Waals surface area contributed by atoms with Crippen molar-refractivity contribution in [2.75, 3.05) is 13.7 Å². The van der Waals surface area contributed by atoms with Gasteiger partial charge in [-0.05, 0) is 58.8 Å². The highest BCUT2D eigenvalue weighted by molar-refractivity contribution is 5.82. The largest absolute Gasteiger partial charge is 0.467 e. The van der Waals surface area contributed by atoms with Crippen molar-refractivity contribution in [1.29, 1.82) is 0 Å². The number of rotatable bonds is 3. The van der Waals surface area contributed by atoms with Crippen molar-refractivity contribution in [3.63, 3.8) is 0 Å². The van der Waals surface area contributed by atoms with E-state index in [1.165, 1.54) is 24.9 Å². The van der Waals surface area contributed by atoms with Gasteiger partial charge in [0.1, 0.15) is 11.6 Å². The molecule has 1 heterocycles. The van der Waals surface area contributed by atoms with Gasteiger partial charge in [-0.15, -0.1) is 0 Å². The smallest absolute Gasteiger partial charge is 0.411 e. The molecule has 2 rings (SSSR count). The Hall–Kier alpha value is -1.30. The predicted octanol–water partition coefficient (Wildman–Crippen LogP) is 2.71. The van der Waals surface area contributed by atoms with Gasteiger partial charge in [-0.1, -0.05) is 6.92 Å². The molecule has 1 saturated carbocycles. The average Bonchev–Trinajstić information content (AvgIpc) is 2.91. The lowest BCUT2D eigenvalue weighted by Gasteiger charge is -2.29. The van der Waals surface area contributed by atoms with Crippen molar-refractivity contribution in [3.05, 3.63) is 0 Å². The highest BCUT2D eigenvalue weighted by atomic mass is 16.6. The fraction of sp³-hybridized carbons (Fsp3) is 0.889. The molecule has 0 aromatic rings. The number of carbonyl (C=O) groups excluding carboxylic acids is 2. The van der Waals surface area contributed by atoms with Crippen LogP contribution in [0, 0.1) is 5.92 Å². The van der Waals surface area contributed by atoms with Crippen molar-refractivity contribution < 1.29 is 19.1 Å². The molecule has 2 aliphatic rings. The third-order valence-electron chi connectivity index (χ3n) is 4.89. The van der Waals surface area contributed by atoms with Crippen LogP contribution in [0.3, 0.4) is 0 Å². The van der Waals surface area contributed by atoms with E-state index >= 15 is 0 Å². The predicted molar refractivity (Wildman–Crippen MR) is 91.7 cm³/mol. The second-order valence-electron chi connectivity index (χ2n) is 8.23.